The second kappa shape index (κ2) is 7.88. The van der Waals surface area contributed by atoms with Crippen molar-refractivity contribution in [3.05, 3.63) is 101 Å². The summed E-state index contributed by atoms with van der Waals surface area (Å²) in [6, 6.07) is 15.7. The van der Waals surface area contributed by atoms with E-state index in [1.54, 1.807) is 6.07 Å². The molecule has 0 amide bonds. The molecule has 0 N–H and O–H groups in total. The predicted octanol–water partition coefficient (Wildman–Crippen LogP) is 5.58. The molecule has 4 nitrogen and oxygen atoms in total. The van der Waals surface area contributed by atoms with Crippen molar-refractivity contribution < 1.29 is 14.3 Å². The lowest BCUT2D eigenvalue weighted by Gasteiger charge is -2.22. The number of hydrogen-bond acceptors (Lipinski definition) is 3. The number of methoxy groups -OCH3 is 1. The summed E-state index contributed by atoms with van der Waals surface area (Å²) < 4.78 is 7.18. The van der Waals surface area contributed by atoms with Crippen LogP contribution in [0.25, 0.3) is 17.0 Å². The monoisotopic (exact) mass is 409 g/mol. The van der Waals surface area contributed by atoms with Crippen molar-refractivity contribution in [3.8, 4) is 0 Å². The minimum Gasteiger partial charge on any atom is -0.465 e. The van der Waals surface area contributed by atoms with E-state index in [0.29, 0.717) is 29.5 Å². The van der Waals surface area contributed by atoms with Gasteiger partial charge in [-0.3, -0.25) is 4.79 Å². The first-order valence-electron chi connectivity index (χ1n) is 10.5. The van der Waals surface area contributed by atoms with Gasteiger partial charge in [-0.25, -0.2) is 4.79 Å². The van der Waals surface area contributed by atoms with E-state index in [2.05, 4.69) is 34.9 Å². The van der Waals surface area contributed by atoms with E-state index >= 15 is 0 Å². The number of Topliss-reactive ketones (excluding diaryl/α,β-unsaturated/α-hetero) is 1. The highest BCUT2D eigenvalue weighted by Crippen LogP contribution is 2.39. The normalized spacial score (nSPS) is 17.5. The summed E-state index contributed by atoms with van der Waals surface area (Å²) in [5.41, 5.74) is 5.08. The minimum absolute atomic E-state index is 0.0589. The first kappa shape index (κ1) is 19.3. The van der Waals surface area contributed by atoms with Gasteiger partial charge in [-0.05, 0) is 30.2 Å². The summed E-state index contributed by atoms with van der Waals surface area (Å²) in [5, 5.41) is 0.694. The number of ketones is 1. The van der Waals surface area contributed by atoms with Crippen LogP contribution < -0.4 is 0 Å². The Kier molecular flexibility index (Phi) is 4.91. The van der Waals surface area contributed by atoms with Gasteiger partial charge in [-0.1, -0.05) is 66.3 Å². The molecule has 154 valence electrons. The molecule has 5 rings (SSSR count). The third-order valence-electron chi connectivity index (χ3n) is 6.14. The number of allylic oxidation sites excluding steroid dienone is 5. The zero-order valence-corrected chi connectivity index (χ0v) is 17.4. The fourth-order valence-corrected chi connectivity index (χ4v) is 4.66. The van der Waals surface area contributed by atoms with E-state index in [4.69, 9.17) is 4.74 Å². The number of nitrogens with zero attached hydrogens (tertiary/aromatic N) is 1. The predicted molar refractivity (Wildman–Crippen MR) is 122 cm³/mol. The Morgan fingerprint density at radius 2 is 1.94 bits per heavy atom. The van der Waals surface area contributed by atoms with Crippen LogP contribution in [0.15, 0.2) is 78.4 Å². The highest BCUT2D eigenvalue weighted by atomic mass is 16.5. The Morgan fingerprint density at radius 3 is 2.68 bits per heavy atom. The van der Waals surface area contributed by atoms with Crippen LogP contribution in [-0.2, 0) is 11.3 Å². The van der Waals surface area contributed by atoms with Gasteiger partial charge in [0.2, 0.25) is 0 Å². The van der Waals surface area contributed by atoms with Gasteiger partial charge in [0.25, 0.3) is 0 Å². The van der Waals surface area contributed by atoms with Gasteiger partial charge < -0.3 is 9.30 Å². The number of esters is 1. The zero-order chi connectivity index (χ0) is 21.4. The van der Waals surface area contributed by atoms with Crippen molar-refractivity contribution in [3.63, 3.8) is 0 Å². The molecule has 2 aromatic carbocycles. The molecule has 3 aromatic rings. The first-order chi connectivity index (χ1) is 15.2. The Labute approximate surface area is 181 Å². The minimum atomic E-state index is -0.423. The highest BCUT2D eigenvalue weighted by Gasteiger charge is 2.31. The van der Waals surface area contributed by atoms with Crippen LogP contribution in [0.3, 0.4) is 0 Å². The van der Waals surface area contributed by atoms with E-state index in [-0.39, 0.29) is 11.7 Å². The molecule has 1 heterocycles. The third-order valence-corrected chi connectivity index (χ3v) is 6.14. The van der Waals surface area contributed by atoms with E-state index in [0.717, 1.165) is 28.8 Å². The Balaban J connectivity index is 1.76. The molecule has 0 saturated carbocycles. The van der Waals surface area contributed by atoms with Gasteiger partial charge in [0.05, 0.1) is 29.4 Å². The van der Waals surface area contributed by atoms with Crippen molar-refractivity contribution in [2.45, 2.75) is 19.4 Å². The van der Waals surface area contributed by atoms with Crippen LogP contribution in [0.2, 0.25) is 0 Å². The van der Waals surface area contributed by atoms with Gasteiger partial charge in [0.15, 0.2) is 5.78 Å². The molecule has 0 saturated heterocycles. The first-order valence-corrected chi connectivity index (χ1v) is 10.5. The molecule has 1 unspecified atom stereocenters. The smallest absolute Gasteiger partial charge is 0.338 e. The summed E-state index contributed by atoms with van der Waals surface area (Å²) in [4.78, 5) is 26.0. The Hall–Kier alpha value is -3.66. The number of rotatable bonds is 4. The van der Waals surface area contributed by atoms with Crippen molar-refractivity contribution in [1.82, 2.24) is 4.57 Å². The largest absolute Gasteiger partial charge is 0.465 e. The summed E-state index contributed by atoms with van der Waals surface area (Å²) >= 11 is 0. The molecule has 0 fully saturated rings. The molecule has 1 aromatic heterocycles. The Bertz CT molecular complexity index is 1270. The third kappa shape index (κ3) is 3.34. The van der Waals surface area contributed by atoms with Crippen LogP contribution in [-0.4, -0.2) is 23.4 Å². The quantitative estimate of drug-likeness (QED) is 0.529. The number of ether oxygens (including phenoxy) is 1. The fourth-order valence-electron chi connectivity index (χ4n) is 4.66. The lowest BCUT2D eigenvalue weighted by molar-refractivity contribution is 0.0603. The number of carbonyl (C=O) groups is 2. The van der Waals surface area contributed by atoms with Crippen molar-refractivity contribution in [1.29, 1.82) is 0 Å². The zero-order valence-electron chi connectivity index (χ0n) is 17.4. The summed E-state index contributed by atoms with van der Waals surface area (Å²) in [7, 11) is 1.37. The van der Waals surface area contributed by atoms with Crippen LogP contribution in [0.4, 0.5) is 0 Å². The van der Waals surface area contributed by atoms with Crippen molar-refractivity contribution >= 4 is 28.7 Å². The van der Waals surface area contributed by atoms with Gasteiger partial charge in [0.1, 0.15) is 0 Å². The number of hydrogen-bond donors (Lipinski definition) is 0. The average Bonchev–Trinajstić information content (AvgIpc) is 3.14. The summed E-state index contributed by atoms with van der Waals surface area (Å²) in [5.74, 6) is -0.137. The molecule has 2 aliphatic carbocycles. The van der Waals surface area contributed by atoms with Crippen LogP contribution in [0, 0.1) is 5.92 Å². The molecular formula is C27H23NO3. The topological polar surface area (TPSA) is 48.3 Å². The lowest BCUT2D eigenvalue weighted by atomic mass is 9.83. The van der Waals surface area contributed by atoms with Gasteiger partial charge >= 0.3 is 5.97 Å². The molecule has 0 spiro atoms. The molecule has 0 bridgehead atoms. The van der Waals surface area contributed by atoms with E-state index in [9.17, 15) is 9.59 Å². The maximum atomic E-state index is 13.4. The molecule has 0 radical (unpaired) electrons. The van der Waals surface area contributed by atoms with Gasteiger partial charge in [-0.2, -0.15) is 0 Å². The molecular weight excluding hydrogens is 386 g/mol. The molecule has 1 atom stereocenters. The molecule has 0 aliphatic heterocycles. The Morgan fingerprint density at radius 1 is 1.10 bits per heavy atom. The fraction of sp³-hybridized carbons (Fsp3) is 0.185. The van der Waals surface area contributed by atoms with Crippen molar-refractivity contribution in [2.24, 2.45) is 5.92 Å². The highest BCUT2D eigenvalue weighted by molar-refractivity contribution is 6.19. The standard InChI is InChI=1S/C27H23NO3/c1-31-27(30)21-13-8-14-22-25(21)26-23(28(22)17-18-9-4-2-5-10-18)15-20(16-24(26)29)19-11-6-3-7-12-19/h2-11,13-15,19H,12,16-17H2,1H3. The summed E-state index contributed by atoms with van der Waals surface area (Å²) in [6.45, 7) is 0.620. The van der Waals surface area contributed by atoms with Gasteiger partial charge in [-0.15, -0.1) is 0 Å². The second-order valence-corrected chi connectivity index (χ2v) is 8.00. The number of fused-ring (bicyclic) bond motifs is 3. The molecule has 2 aliphatic rings. The number of aromatic nitrogens is 1. The van der Waals surface area contributed by atoms with Gasteiger partial charge in [0, 0.05) is 24.3 Å². The van der Waals surface area contributed by atoms with Crippen LogP contribution in [0.1, 0.15) is 44.8 Å². The maximum absolute atomic E-state index is 13.4. The van der Waals surface area contributed by atoms with E-state index in [1.807, 2.05) is 42.5 Å². The van der Waals surface area contributed by atoms with E-state index < -0.39 is 5.97 Å². The van der Waals surface area contributed by atoms with Crippen LogP contribution >= 0.6 is 0 Å². The average molecular weight is 409 g/mol. The van der Waals surface area contributed by atoms with Crippen LogP contribution in [0.5, 0.6) is 0 Å². The van der Waals surface area contributed by atoms with E-state index in [1.165, 1.54) is 7.11 Å². The SMILES string of the molecule is COC(=O)c1cccc2c1c1c(n2Cc2ccccc2)C=C(C2C=CC=CC2)CC1=O. The number of benzene rings is 2. The number of carbonyl (C=O) groups excluding carboxylic acids is 2. The molecule has 4 heteroatoms. The lowest BCUT2D eigenvalue weighted by Crippen LogP contribution is -2.15. The molecule has 31 heavy (non-hydrogen) atoms. The van der Waals surface area contributed by atoms with Crippen molar-refractivity contribution in [2.75, 3.05) is 7.11 Å². The second-order valence-electron chi connectivity index (χ2n) is 8.00. The summed E-state index contributed by atoms with van der Waals surface area (Å²) in [6.07, 6.45) is 11.8. The maximum Gasteiger partial charge on any atom is 0.338 e.